The van der Waals surface area contributed by atoms with Crippen molar-refractivity contribution < 1.29 is 47.8 Å². The predicted molar refractivity (Wildman–Crippen MR) is 222 cm³/mol. The number of phosphoric ester groups is 1. The van der Waals surface area contributed by atoms with E-state index in [1.807, 2.05) is 30.4 Å². The molecule has 0 amide bonds. The van der Waals surface area contributed by atoms with Crippen LogP contribution in [0.25, 0.3) is 0 Å². The Balaban J connectivity index is 4.41. The minimum Gasteiger partial charge on any atom is -0.462 e. The number of esters is 2. The highest BCUT2D eigenvalue weighted by molar-refractivity contribution is 7.47. The third-order valence-corrected chi connectivity index (χ3v) is 9.91. The van der Waals surface area contributed by atoms with Gasteiger partial charge in [-0.05, 0) is 32.1 Å². The molecule has 1 unspecified atom stereocenters. The van der Waals surface area contributed by atoms with Gasteiger partial charge in [0.25, 0.3) is 0 Å². The summed E-state index contributed by atoms with van der Waals surface area (Å²) >= 11 is 0. The molecule has 55 heavy (non-hydrogen) atoms. The lowest BCUT2D eigenvalue weighted by Gasteiger charge is -2.20. The third-order valence-electron chi connectivity index (χ3n) is 8.93. The molecule has 0 spiro atoms. The van der Waals surface area contributed by atoms with Crippen LogP contribution in [0.15, 0.2) is 48.6 Å². The molecular weight excluding hydrogens is 721 g/mol. The van der Waals surface area contributed by atoms with Gasteiger partial charge in [0.05, 0.1) is 25.4 Å². The second kappa shape index (κ2) is 38.7. The number of aliphatic hydroxyl groups is 2. The summed E-state index contributed by atoms with van der Waals surface area (Å²) in [6, 6.07) is 0. The maximum Gasteiger partial charge on any atom is 0.472 e. The van der Waals surface area contributed by atoms with Gasteiger partial charge in [-0.25, -0.2) is 4.57 Å². The SMILES string of the molecule is CCCCCCCCCCCCCCCCCC(=O)OC[C@H](COP(=O)(O)OCCN)OC(=O)CCC[C@H](O)/C=C/C=C\C/C=C\C=C\[C@H](O)CCCCC. The van der Waals surface area contributed by atoms with Crippen molar-refractivity contribution in [3.8, 4) is 0 Å². The summed E-state index contributed by atoms with van der Waals surface area (Å²) in [6.45, 7) is 3.36. The molecule has 0 heterocycles. The van der Waals surface area contributed by atoms with Crippen molar-refractivity contribution in [1.82, 2.24) is 0 Å². The highest BCUT2D eigenvalue weighted by atomic mass is 31.2. The number of ether oxygens (including phenoxy) is 2. The average molecular weight is 800 g/mol. The Hall–Kier alpha value is -2.11. The van der Waals surface area contributed by atoms with Gasteiger partial charge in [-0.15, -0.1) is 0 Å². The molecule has 0 bridgehead atoms. The van der Waals surface area contributed by atoms with Crippen LogP contribution in [0.5, 0.6) is 0 Å². The van der Waals surface area contributed by atoms with Crippen molar-refractivity contribution in [3.63, 3.8) is 0 Å². The van der Waals surface area contributed by atoms with Crippen LogP contribution in [0.3, 0.4) is 0 Å². The van der Waals surface area contributed by atoms with Gasteiger partial charge in [-0.2, -0.15) is 0 Å². The quantitative estimate of drug-likeness (QED) is 0.0202. The first kappa shape index (κ1) is 52.9. The first-order valence-corrected chi connectivity index (χ1v) is 22.8. The lowest BCUT2D eigenvalue weighted by molar-refractivity contribution is -0.161. The van der Waals surface area contributed by atoms with E-state index in [1.165, 1.54) is 70.6 Å². The van der Waals surface area contributed by atoms with Gasteiger partial charge >= 0.3 is 19.8 Å². The lowest BCUT2D eigenvalue weighted by atomic mass is 10.0. The van der Waals surface area contributed by atoms with Crippen molar-refractivity contribution in [3.05, 3.63) is 48.6 Å². The van der Waals surface area contributed by atoms with Crippen molar-refractivity contribution in [2.75, 3.05) is 26.4 Å². The van der Waals surface area contributed by atoms with Crippen LogP contribution in [-0.4, -0.2) is 71.7 Å². The summed E-state index contributed by atoms with van der Waals surface area (Å²) in [5.41, 5.74) is 5.33. The summed E-state index contributed by atoms with van der Waals surface area (Å²) in [5.74, 6) is -1.06. The highest BCUT2D eigenvalue weighted by Crippen LogP contribution is 2.43. The molecular formula is C43H78NO10P. The number of hydrogen-bond acceptors (Lipinski definition) is 10. The fourth-order valence-corrected chi connectivity index (χ4v) is 6.44. The molecule has 0 aromatic rings. The van der Waals surface area contributed by atoms with Gasteiger partial charge in [0.1, 0.15) is 6.61 Å². The van der Waals surface area contributed by atoms with Crippen LogP contribution < -0.4 is 5.73 Å². The molecule has 0 saturated carbocycles. The summed E-state index contributed by atoms with van der Waals surface area (Å²) in [5, 5.41) is 20.1. The van der Waals surface area contributed by atoms with Crippen molar-refractivity contribution >= 4 is 19.8 Å². The minimum absolute atomic E-state index is 0.0154. The third kappa shape index (κ3) is 38.5. The van der Waals surface area contributed by atoms with Crippen molar-refractivity contribution in [2.45, 2.75) is 186 Å². The maximum atomic E-state index is 12.6. The monoisotopic (exact) mass is 800 g/mol. The Morgan fingerprint density at radius 3 is 1.62 bits per heavy atom. The summed E-state index contributed by atoms with van der Waals surface area (Å²) in [4.78, 5) is 34.8. The molecule has 5 N–H and O–H groups in total. The van der Waals surface area contributed by atoms with Crippen LogP contribution >= 0.6 is 7.82 Å². The molecule has 0 saturated heterocycles. The van der Waals surface area contributed by atoms with Crippen LogP contribution in [0.4, 0.5) is 0 Å². The van der Waals surface area contributed by atoms with E-state index in [0.717, 1.165) is 44.9 Å². The first-order chi connectivity index (χ1) is 26.6. The fraction of sp³-hybridized carbons (Fsp3) is 0.767. The Bertz CT molecular complexity index is 1080. The van der Waals surface area contributed by atoms with E-state index >= 15 is 0 Å². The normalized spacial score (nSPS) is 14.9. The molecule has 0 radical (unpaired) electrons. The molecule has 0 fully saturated rings. The standard InChI is InChI=1S/C43H78NO10P/c1-3-5-7-8-9-10-11-12-13-14-15-16-20-23-27-33-42(47)51-37-41(38-53-55(49,50)52-36-35-44)54-43(48)34-28-32-40(46)31-26-22-19-17-18-21-25-30-39(45)29-24-6-4-2/h18-19,21-22,25-26,30-31,39-41,45-46H,3-17,20,23-24,27-29,32-38,44H2,1-2H3,(H,49,50)/b21-18-,22-19-,30-25+,31-26+/t39-,40-,41-/m1/s1. The van der Waals surface area contributed by atoms with E-state index in [-0.39, 0.29) is 32.6 Å². The van der Waals surface area contributed by atoms with Crippen LogP contribution in [-0.2, 0) is 32.7 Å². The van der Waals surface area contributed by atoms with Gasteiger partial charge in [-0.1, -0.05) is 172 Å². The Morgan fingerprint density at radius 1 is 0.618 bits per heavy atom. The van der Waals surface area contributed by atoms with Gasteiger partial charge in [0, 0.05) is 19.4 Å². The van der Waals surface area contributed by atoms with Crippen LogP contribution in [0.1, 0.15) is 168 Å². The highest BCUT2D eigenvalue weighted by Gasteiger charge is 2.26. The van der Waals surface area contributed by atoms with Gasteiger partial charge in [0.15, 0.2) is 6.10 Å². The van der Waals surface area contributed by atoms with E-state index in [1.54, 1.807) is 18.2 Å². The fourth-order valence-electron chi connectivity index (χ4n) is 5.67. The minimum atomic E-state index is -4.44. The number of phosphoric acid groups is 1. The molecule has 4 atom stereocenters. The van der Waals surface area contributed by atoms with E-state index < -0.39 is 44.7 Å². The maximum absolute atomic E-state index is 12.6. The van der Waals surface area contributed by atoms with Crippen LogP contribution in [0.2, 0.25) is 0 Å². The van der Waals surface area contributed by atoms with Crippen LogP contribution in [0, 0.1) is 0 Å². The van der Waals surface area contributed by atoms with E-state index in [4.69, 9.17) is 24.3 Å². The summed E-state index contributed by atoms with van der Waals surface area (Å²) in [7, 11) is -4.44. The smallest absolute Gasteiger partial charge is 0.462 e. The predicted octanol–water partition coefficient (Wildman–Crippen LogP) is 9.88. The van der Waals surface area contributed by atoms with Gasteiger partial charge in [-0.3, -0.25) is 18.6 Å². The zero-order chi connectivity index (χ0) is 40.7. The van der Waals surface area contributed by atoms with E-state index in [2.05, 4.69) is 13.8 Å². The topological polar surface area (TPSA) is 175 Å². The molecule has 11 nitrogen and oxygen atoms in total. The first-order valence-electron chi connectivity index (χ1n) is 21.3. The number of rotatable bonds is 39. The zero-order valence-electron chi connectivity index (χ0n) is 34.4. The number of nitrogens with two attached hydrogens (primary N) is 1. The van der Waals surface area contributed by atoms with E-state index in [0.29, 0.717) is 25.7 Å². The Morgan fingerprint density at radius 2 is 1.09 bits per heavy atom. The number of hydrogen-bond donors (Lipinski definition) is 4. The second-order valence-electron chi connectivity index (χ2n) is 14.3. The summed E-state index contributed by atoms with van der Waals surface area (Å²) < 4.78 is 32.6. The van der Waals surface area contributed by atoms with Gasteiger partial charge in [0.2, 0.25) is 0 Å². The molecule has 0 aromatic heterocycles. The molecule has 0 aliphatic carbocycles. The molecule has 0 rings (SSSR count). The number of unbranched alkanes of at least 4 members (excludes halogenated alkanes) is 16. The number of carbonyl (C=O) groups is 2. The average Bonchev–Trinajstić information content (AvgIpc) is 3.16. The van der Waals surface area contributed by atoms with Gasteiger partial charge < -0.3 is 30.3 Å². The Labute approximate surface area is 333 Å². The lowest BCUT2D eigenvalue weighted by Crippen LogP contribution is -2.29. The Kier molecular flexibility index (Phi) is 37.3. The van der Waals surface area contributed by atoms with Crippen molar-refractivity contribution in [1.29, 1.82) is 0 Å². The summed E-state index contributed by atoms with van der Waals surface area (Å²) in [6.07, 6.45) is 36.4. The zero-order valence-corrected chi connectivity index (χ0v) is 35.3. The van der Waals surface area contributed by atoms with E-state index in [9.17, 15) is 29.3 Å². The number of carbonyl (C=O) groups excluding carboxylic acids is 2. The molecule has 320 valence electrons. The largest absolute Gasteiger partial charge is 0.472 e. The molecule has 0 aromatic carbocycles. The molecule has 0 aliphatic heterocycles. The molecule has 12 heteroatoms. The number of aliphatic hydroxyl groups excluding tert-OH is 2. The molecule has 0 aliphatic rings. The number of allylic oxidation sites excluding steroid dienone is 6. The second-order valence-corrected chi connectivity index (χ2v) is 15.7. The van der Waals surface area contributed by atoms with Crippen molar-refractivity contribution in [2.24, 2.45) is 5.73 Å².